The van der Waals surface area contributed by atoms with E-state index in [0.29, 0.717) is 53.5 Å². The topological polar surface area (TPSA) is 111 Å². The van der Waals surface area contributed by atoms with Crippen LogP contribution in [0.3, 0.4) is 0 Å². The van der Waals surface area contributed by atoms with Crippen LogP contribution in [-0.2, 0) is 9.53 Å². The fourth-order valence-electron chi connectivity index (χ4n) is 5.08. The standard InChI is InChI=1S/C28H30N2O8/c1-34-19-8-4-6-17-16-21(38-26(17)19)24(31)22-23(18-7-5-9-20(35-2)27(18)36-3)30(28(33)25(22)32)11-10-29-12-14-37-15-13-29/h4-9,16,23,32H,10-15H2,1-3H3. The number of fused-ring (bicyclic) bond motifs is 1. The zero-order chi connectivity index (χ0) is 26.8. The van der Waals surface area contributed by atoms with Crippen LogP contribution in [0, 0.1) is 0 Å². The average molecular weight is 523 g/mol. The van der Waals surface area contributed by atoms with Gasteiger partial charge in [0.05, 0.1) is 46.2 Å². The van der Waals surface area contributed by atoms with E-state index in [-0.39, 0.29) is 17.9 Å². The minimum Gasteiger partial charge on any atom is -0.503 e. The first kappa shape index (κ1) is 25.6. The summed E-state index contributed by atoms with van der Waals surface area (Å²) in [6.07, 6.45) is 0. The van der Waals surface area contributed by atoms with Gasteiger partial charge in [0.2, 0.25) is 5.78 Å². The van der Waals surface area contributed by atoms with Crippen molar-refractivity contribution in [3.63, 3.8) is 0 Å². The number of para-hydroxylation sites is 2. The van der Waals surface area contributed by atoms with Crippen LogP contribution in [0.15, 0.2) is 58.2 Å². The van der Waals surface area contributed by atoms with Crippen LogP contribution < -0.4 is 14.2 Å². The number of aliphatic hydroxyl groups excluding tert-OH is 1. The van der Waals surface area contributed by atoms with Crippen molar-refractivity contribution in [2.45, 2.75) is 6.04 Å². The van der Waals surface area contributed by atoms with Gasteiger partial charge in [0.15, 0.2) is 34.4 Å². The number of aliphatic hydroxyl groups is 1. The highest BCUT2D eigenvalue weighted by molar-refractivity contribution is 6.16. The van der Waals surface area contributed by atoms with Crippen LogP contribution in [0.25, 0.3) is 11.0 Å². The van der Waals surface area contributed by atoms with Gasteiger partial charge in [-0.3, -0.25) is 14.5 Å². The van der Waals surface area contributed by atoms with E-state index in [1.54, 1.807) is 42.5 Å². The first-order valence-electron chi connectivity index (χ1n) is 12.3. The number of nitrogens with zero attached hydrogens (tertiary/aromatic N) is 2. The molecule has 1 aromatic heterocycles. The second-order valence-corrected chi connectivity index (χ2v) is 9.02. The Labute approximate surface area is 219 Å². The van der Waals surface area contributed by atoms with Gasteiger partial charge < -0.3 is 33.4 Å². The Kier molecular flexibility index (Phi) is 7.26. The molecule has 5 rings (SSSR count). The lowest BCUT2D eigenvalue weighted by Crippen LogP contribution is -2.43. The molecule has 1 amide bonds. The third-order valence-corrected chi connectivity index (χ3v) is 6.99. The minimum atomic E-state index is -0.920. The van der Waals surface area contributed by atoms with Gasteiger partial charge >= 0.3 is 0 Å². The molecule has 0 saturated carbocycles. The van der Waals surface area contributed by atoms with E-state index < -0.39 is 23.5 Å². The summed E-state index contributed by atoms with van der Waals surface area (Å²) in [6, 6.07) is 11.2. The number of ketones is 1. The molecule has 3 aromatic rings. The van der Waals surface area contributed by atoms with Crippen LogP contribution in [0.4, 0.5) is 0 Å². The molecule has 1 N–H and O–H groups in total. The van der Waals surface area contributed by atoms with Gasteiger partial charge in [0.1, 0.15) is 0 Å². The lowest BCUT2D eigenvalue weighted by molar-refractivity contribution is -0.129. The summed E-state index contributed by atoms with van der Waals surface area (Å²) in [5.41, 5.74) is 0.840. The maximum atomic E-state index is 13.9. The monoisotopic (exact) mass is 522 g/mol. The molecule has 2 aromatic carbocycles. The Morgan fingerprint density at radius 2 is 1.71 bits per heavy atom. The SMILES string of the molecule is COc1cccc(C2C(C(=O)c3cc4cccc(OC)c4o3)=C(O)C(=O)N2CCN2CCOCC2)c1OC. The molecule has 1 atom stereocenters. The quantitative estimate of drug-likeness (QED) is 0.423. The number of methoxy groups -OCH3 is 3. The van der Waals surface area contributed by atoms with Crippen molar-refractivity contribution in [1.82, 2.24) is 9.80 Å². The van der Waals surface area contributed by atoms with E-state index in [4.69, 9.17) is 23.4 Å². The van der Waals surface area contributed by atoms with Crippen LogP contribution in [0.2, 0.25) is 0 Å². The molecule has 2 aliphatic rings. The molecule has 10 heteroatoms. The molecular formula is C28H30N2O8. The summed E-state index contributed by atoms with van der Waals surface area (Å²) in [7, 11) is 4.52. The molecule has 0 spiro atoms. The minimum absolute atomic E-state index is 0.0132. The van der Waals surface area contributed by atoms with E-state index in [2.05, 4.69) is 4.90 Å². The van der Waals surface area contributed by atoms with E-state index in [1.807, 2.05) is 0 Å². The number of furan rings is 1. The van der Waals surface area contributed by atoms with Gasteiger partial charge in [0, 0.05) is 37.1 Å². The zero-order valence-corrected chi connectivity index (χ0v) is 21.6. The largest absolute Gasteiger partial charge is 0.503 e. The summed E-state index contributed by atoms with van der Waals surface area (Å²) in [5.74, 6) is -0.573. The predicted molar refractivity (Wildman–Crippen MR) is 138 cm³/mol. The van der Waals surface area contributed by atoms with E-state index in [9.17, 15) is 14.7 Å². The normalized spacial score (nSPS) is 18.3. The second-order valence-electron chi connectivity index (χ2n) is 9.02. The lowest BCUT2D eigenvalue weighted by atomic mass is 9.94. The van der Waals surface area contributed by atoms with Gasteiger partial charge in [-0.05, 0) is 18.2 Å². The smallest absolute Gasteiger partial charge is 0.290 e. The Morgan fingerprint density at radius 1 is 1.00 bits per heavy atom. The Balaban J connectivity index is 1.58. The van der Waals surface area contributed by atoms with E-state index in [0.717, 1.165) is 13.1 Å². The highest BCUT2D eigenvalue weighted by Crippen LogP contribution is 2.45. The first-order chi connectivity index (χ1) is 18.5. The number of Topliss-reactive ketones (excluding diaryl/α,β-unsaturated/α-hetero) is 1. The van der Waals surface area contributed by atoms with Crippen molar-refractivity contribution < 1.29 is 38.1 Å². The van der Waals surface area contributed by atoms with Gasteiger partial charge in [0.25, 0.3) is 5.91 Å². The van der Waals surface area contributed by atoms with Crippen LogP contribution in [0.5, 0.6) is 17.2 Å². The molecule has 10 nitrogen and oxygen atoms in total. The predicted octanol–water partition coefficient (Wildman–Crippen LogP) is 3.37. The number of hydrogen-bond donors (Lipinski definition) is 1. The van der Waals surface area contributed by atoms with Gasteiger partial charge in [-0.1, -0.05) is 24.3 Å². The molecule has 3 heterocycles. The van der Waals surface area contributed by atoms with E-state index in [1.165, 1.54) is 26.2 Å². The number of ether oxygens (including phenoxy) is 4. The highest BCUT2D eigenvalue weighted by atomic mass is 16.5. The van der Waals surface area contributed by atoms with Crippen molar-refractivity contribution in [2.24, 2.45) is 0 Å². The second kappa shape index (κ2) is 10.8. The highest BCUT2D eigenvalue weighted by Gasteiger charge is 2.46. The van der Waals surface area contributed by atoms with Crippen molar-refractivity contribution in [2.75, 3.05) is 60.7 Å². The summed E-state index contributed by atoms with van der Waals surface area (Å²) in [5, 5.41) is 11.8. The fourth-order valence-corrected chi connectivity index (χ4v) is 5.08. The molecule has 1 saturated heterocycles. The molecule has 0 radical (unpaired) electrons. The van der Waals surface area contributed by atoms with Crippen molar-refractivity contribution in [3.05, 3.63) is 65.1 Å². The number of carbonyl (C=O) groups excluding carboxylic acids is 2. The molecule has 38 heavy (non-hydrogen) atoms. The van der Waals surface area contributed by atoms with Crippen LogP contribution >= 0.6 is 0 Å². The third kappa shape index (κ3) is 4.46. The van der Waals surface area contributed by atoms with Crippen LogP contribution in [-0.4, -0.2) is 87.3 Å². The molecule has 200 valence electrons. The van der Waals surface area contributed by atoms with Crippen molar-refractivity contribution >= 4 is 22.7 Å². The van der Waals surface area contributed by atoms with Gasteiger partial charge in [-0.2, -0.15) is 0 Å². The molecule has 0 aliphatic carbocycles. The van der Waals surface area contributed by atoms with E-state index >= 15 is 0 Å². The molecular weight excluding hydrogens is 492 g/mol. The summed E-state index contributed by atoms with van der Waals surface area (Å²) in [4.78, 5) is 31.0. The number of morpholine rings is 1. The number of benzene rings is 2. The van der Waals surface area contributed by atoms with Gasteiger partial charge in [-0.15, -0.1) is 0 Å². The first-order valence-corrected chi connectivity index (χ1v) is 12.3. The third-order valence-electron chi connectivity index (χ3n) is 6.99. The lowest BCUT2D eigenvalue weighted by Gasteiger charge is -2.32. The van der Waals surface area contributed by atoms with Crippen LogP contribution in [0.1, 0.15) is 22.2 Å². The molecule has 0 bridgehead atoms. The van der Waals surface area contributed by atoms with Gasteiger partial charge in [-0.25, -0.2) is 0 Å². The number of carbonyl (C=O) groups is 2. The van der Waals surface area contributed by atoms with Crippen molar-refractivity contribution in [3.8, 4) is 17.2 Å². The summed E-state index contributed by atoms with van der Waals surface area (Å²) >= 11 is 0. The molecule has 2 aliphatic heterocycles. The van der Waals surface area contributed by atoms with Crippen molar-refractivity contribution in [1.29, 1.82) is 0 Å². The Morgan fingerprint density at radius 3 is 2.42 bits per heavy atom. The molecule has 1 fully saturated rings. The maximum absolute atomic E-state index is 13.9. The Hall–Kier alpha value is -4.02. The number of rotatable bonds is 9. The summed E-state index contributed by atoms with van der Waals surface area (Å²) < 4.78 is 27.8. The number of hydrogen-bond acceptors (Lipinski definition) is 9. The number of amides is 1. The summed E-state index contributed by atoms with van der Waals surface area (Å²) in [6.45, 7) is 3.53. The average Bonchev–Trinajstić information content (AvgIpc) is 3.50. The zero-order valence-electron chi connectivity index (χ0n) is 21.6. The Bertz CT molecular complexity index is 1390. The molecule has 1 unspecified atom stereocenters. The fraction of sp³-hybridized carbons (Fsp3) is 0.357. The maximum Gasteiger partial charge on any atom is 0.290 e.